The molecule has 5 aromatic rings. The summed E-state index contributed by atoms with van der Waals surface area (Å²) in [5.41, 5.74) is 15.1. The van der Waals surface area contributed by atoms with E-state index in [2.05, 4.69) is 50.9 Å². The number of unbranched alkanes of at least 4 members (excludes halogenated alkanes) is 2. The van der Waals surface area contributed by atoms with Crippen LogP contribution in [0.25, 0.3) is 11.9 Å². The topological polar surface area (TPSA) is 276 Å². The third-order valence-corrected chi connectivity index (χ3v) is 7.79. The highest BCUT2D eigenvalue weighted by Gasteiger charge is 2.25. The molecule has 5 rings (SSSR count). The minimum atomic E-state index is -0.613. The molecule has 22 nitrogen and oxygen atoms in total. The number of esters is 2. The van der Waals surface area contributed by atoms with Crippen LogP contribution in [0.2, 0.25) is 0 Å². The number of carbonyl (C=O) groups is 2. The standard InChI is InChI=1S/C30H40N18O4/c1-8-10-12-18-20(39-41-24-16(26(49)51-6)14-34-45(24)4)22(31)47(43-18)29-36-28(33-3)37-30(38-29)48-23(32)21(19(44-48)13-11-9-2)40-42-25-17(27(50)52-7)15-35-46(25)5/h14-15H,8-13,31-32H2,1-7H3,(H,33,36,37,38). The van der Waals surface area contributed by atoms with Crippen molar-refractivity contribution in [2.75, 3.05) is 38.1 Å². The van der Waals surface area contributed by atoms with Gasteiger partial charge in [0.05, 0.1) is 38.0 Å². The van der Waals surface area contributed by atoms with Crippen LogP contribution < -0.4 is 16.8 Å². The maximum atomic E-state index is 12.3. The highest BCUT2D eigenvalue weighted by molar-refractivity contribution is 5.94. The highest BCUT2D eigenvalue weighted by atomic mass is 16.5. The lowest BCUT2D eigenvalue weighted by Crippen LogP contribution is -2.15. The second-order valence-corrected chi connectivity index (χ2v) is 11.3. The van der Waals surface area contributed by atoms with E-state index in [1.165, 1.54) is 45.3 Å². The molecule has 52 heavy (non-hydrogen) atoms. The molecule has 5 heterocycles. The van der Waals surface area contributed by atoms with E-state index >= 15 is 0 Å². The number of rotatable bonds is 15. The average Bonchev–Trinajstić information content (AvgIpc) is 3.89. The van der Waals surface area contributed by atoms with Crippen LogP contribution in [-0.4, -0.2) is 87.3 Å². The third-order valence-electron chi connectivity index (χ3n) is 7.79. The molecule has 0 atom stereocenters. The van der Waals surface area contributed by atoms with Crippen molar-refractivity contribution in [2.45, 2.75) is 52.4 Å². The Morgan fingerprint density at radius 2 is 1.15 bits per heavy atom. The molecule has 0 unspecified atom stereocenters. The molecular weight excluding hydrogens is 676 g/mol. The molecule has 22 heteroatoms. The summed E-state index contributed by atoms with van der Waals surface area (Å²) in [6, 6.07) is 0. The summed E-state index contributed by atoms with van der Waals surface area (Å²) < 4.78 is 15.1. The van der Waals surface area contributed by atoms with Gasteiger partial charge in [-0.3, -0.25) is 0 Å². The number of nitrogens with zero attached hydrogens (tertiary/aromatic N) is 15. The number of aromatic nitrogens is 11. The predicted octanol–water partition coefficient (Wildman–Crippen LogP) is 4.01. The van der Waals surface area contributed by atoms with Crippen LogP contribution in [0.15, 0.2) is 32.9 Å². The molecule has 0 aromatic carbocycles. The Hall–Kier alpha value is -6.61. The summed E-state index contributed by atoms with van der Waals surface area (Å²) >= 11 is 0. The maximum absolute atomic E-state index is 12.3. The van der Waals surface area contributed by atoms with Crippen molar-refractivity contribution >= 4 is 52.5 Å². The fourth-order valence-electron chi connectivity index (χ4n) is 4.95. The largest absolute Gasteiger partial charge is 0.465 e. The fourth-order valence-corrected chi connectivity index (χ4v) is 4.95. The molecule has 0 aliphatic carbocycles. The van der Waals surface area contributed by atoms with Gasteiger partial charge in [0.1, 0.15) is 11.1 Å². The molecule has 274 valence electrons. The number of ether oxygens (including phenoxy) is 2. The van der Waals surface area contributed by atoms with Gasteiger partial charge in [-0.15, -0.1) is 20.5 Å². The number of azo groups is 2. The molecule has 5 aromatic heterocycles. The molecule has 5 N–H and O–H groups in total. The van der Waals surface area contributed by atoms with Gasteiger partial charge in [0.2, 0.25) is 5.95 Å². The van der Waals surface area contributed by atoms with Gasteiger partial charge in [0.25, 0.3) is 11.9 Å². The van der Waals surface area contributed by atoms with Crippen LogP contribution in [0.5, 0.6) is 0 Å². The average molecular weight is 717 g/mol. The Bertz CT molecular complexity index is 1990. The number of nitrogen functional groups attached to an aromatic ring is 2. The Labute approximate surface area is 297 Å². The second kappa shape index (κ2) is 15.9. The smallest absolute Gasteiger partial charge is 0.343 e. The lowest BCUT2D eigenvalue weighted by molar-refractivity contribution is 0.0592. The Balaban J connectivity index is 1.61. The van der Waals surface area contributed by atoms with Crippen molar-refractivity contribution in [3.05, 3.63) is 34.9 Å². The zero-order valence-corrected chi connectivity index (χ0v) is 29.9. The van der Waals surface area contributed by atoms with E-state index < -0.39 is 11.9 Å². The van der Waals surface area contributed by atoms with Gasteiger partial charge in [-0.1, -0.05) is 26.7 Å². The predicted molar refractivity (Wildman–Crippen MR) is 187 cm³/mol. The van der Waals surface area contributed by atoms with E-state index in [0.29, 0.717) is 24.2 Å². The first kappa shape index (κ1) is 36.7. The molecule has 0 fully saturated rings. The number of aryl methyl sites for hydroxylation is 4. The molecule has 0 bridgehead atoms. The summed E-state index contributed by atoms with van der Waals surface area (Å²) in [7, 11) is 7.41. The van der Waals surface area contributed by atoms with Gasteiger partial charge in [-0.05, 0) is 25.7 Å². The first-order chi connectivity index (χ1) is 25.1. The molecule has 0 spiro atoms. The van der Waals surface area contributed by atoms with Crippen LogP contribution >= 0.6 is 0 Å². The van der Waals surface area contributed by atoms with Crippen LogP contribution in [0.1, 0.15) is 71.6 Å². The molecule has 0 radical (unpaired) electrons. The zero-order valence-electron chi connectivity index (χ0n) is 29.9. The highest BCUT2D eigenvalue weighted by Crippen LogP contribution is 2.34. The molecular formula is C30H40N18O4. The summed E-state index contributed by atoms with van der Waals surface area (Å²) in [5, 5.41) is 37.9. The van der Waals surface area contributed by atoms with E-state index in [9.17, 15) is 9.59 Å². The maximum Gasteiger partial charge on any atom is 0.343 e. The first-order valence-electron chi connectivity index (χ1n) is 16.3. The van der Waals surface area contributed by atoms with Crippen LogP contribution in [0.4, 0.5) is 40.6 Å². The number of nitrogens with two attached hydrogens (primary N) is 2. The van der Waals surface area contributed by atoms with Crippen LogP contribution in [0, 0.1) is 0 Å². The van der Waals surface area contributed by atoms with Crippen molar-refractivity contribution in [1.29, 1.82) is 0 Å². The van der Waals surface area contributed by atoms with E-state index in [-0.39, 0.29) is 63.6 Å². The monoisotopic (exact) mass is 716 g/mol. The fraction of sp³-hybridized carbons (Fsp3) is 0.433. The molecule has 0 saturated heterocycles. The minimum absolute atomic E-state index is 0.0348. The first-order valence-corrected chi connectivity index (χ1v) is 16.3. The molecule has 0 aliphatic heterocycles. The lowest BCUT2D eigenvalue weighted by Gasteiger charge is -2.08. The van der Waals surface area contributed by atoms with Gasteiger partial charge < -0.3 is 26.3 Å². The Kier molecular flexibility index (Phi) is 11.2. The summed E-state index contributed by atoms with van der Waals surface area (Å²) in [6.07, 6.45) is 7.04. The van der Waals surface area contributed by atoms with Crippen molar-refractivity contribution in [3.63, 3.8) is 0 Å². The van der Waals surface area contributed by atoms with Crippen molar-refractivity contribution in [1.82, 2.24) is 54.1 Å². The van der Waals surface area contributed by atoms with Gasteiger partial charge in [0.15, 0.2) is 34.6 Å². The van der Waals surface area contributed by atoms with E-state index in [1.54, 1.807) is 21.1 Å². The van der Waals surface area contributed by atoms with Gasteiger partial charge in [-0.25, -0.2) is 19.0 Å². The molecule has 0 saturated carbocycles. The number of nitrogens with one attached hydrogen (secondary N) is 1. The van der Waals surface area contributed by atoms with Gasteiger partial charge in [-0.2, -0.15) is 44.7 Å². The summed E-state index contributed by atoms with van der Waals surface area (Å²) in [4.78, 5) is 38.2. The van der Waals surface area contributed by atoms with Crippen molar-refractivity contribution in [2.24, 2.45) is 34.6 Å². The normalized spacial score (nSPS) is 11.6. The van der Waals surface area contributed by atoms with E-state index in [4.69, 9.17) is 31.1 Å². The SMILES string of the molecule is CCCCc1nn(-c2nc(NC)nc(-n3nc(CCCC)c(N=Nc4c(C(=O)OC)cnn4C)c3N)n2)c(N)c1N=Nc1c(C(=O)OC)cnn1C. The Morgan fingerprint density at radius 1 is 0.731 bits per heavy atom. The van der Waals surface area contributed by atoms with Crippen LogP contribution in [0.3, 0.4) is 0 Å². The summed E-state index contributed by atoms with van der Waals surface area (Å²) in [6.45, 7) is 4.09. The van der Waals surface area contributed by atoms with Crippen LogP contribution in [-0.2, 0) is 36.4 Å². The zero-order chi connectivity index (χ0) is 37.5. The van der Waals surface area contributed by atoms with Crippen molar-refractivity contribution in [3.8, 4) is 11.9 Å². The lowest BCUT2D eigenvalue weighted by atomic mass is 10.2. The quantitative estimate of drug-likeness (QED) is 0.102. The number of methoxy groups -OCH3 is 2. The number of hydrogen-bond donors (Lipinski definition) is 3. The third kappa shape index (κ3) is 7.29. The molecule has 0 aliphatic rings. The second-order valence-electron chi connectivity index (χ2n) is 11.3. The summed E-state index contributed by atoms with van der Waals surface area (Å²) in [5.74, 6) is -0.482. The number of hydrogen-bond acceptors (Lipinski definition) is 18. The number of anilines is 3. The number of carbonyl (C=O) groups excluding carboxylic acids is 2. The Morgan fingerprint density at radius 3 is 1.52 bits per heavy atom. The van der Waals surface area contributed by atoms with E-state index in [1.807, 2.05) is 13.8 Å². The minimum Gasteiger partial charge on any atom is -0.465 e. The molecule has 0 amide bonds. The van der Waals surface area contributed by atoms with E-state index in [0.717, 1.165) is 25.7 Å². The van der Waals surface area contributed by atoms with Gasteiger partial charge in [0, 0.05) is 21.1 Å². The van der Waals surface area contributed by atoms with Gasteiger partial charge >= 0.3 is 11.9 Å². The van der Waals surface area contributed by atoms with Crippen molar-refractivity contribution < 1.29 is 19.1 Å².